The van der Waals surface area contributed by atoms with E-state index in [0.29, 0.717) is 0 Å². The van der Waals surface area contributed by atoms with Gasteiger partial charge in [-0.05, 0) is 55.1 Å². The minimum absolute atomic E-state index is 1.16. The van der Waals surface area contributed by atoms with Crippen molar-refractivity contribution in [2.24, 2.45) is 0 Å². The molecule has 0 aliphatic rings. The summed E-state index contributed by atoms with van der Waals surface area (Å²) in [6, 6.07) is 32.5. The quantitative estimate of drug-likeness (QED) is 0.285. The summed E-state index contributed by atoms with van der Waals surface area (Å²) in [5.41, 5.74) is 4.74. The Morgan fingerprint density at radius 2 is 1.27 bits per heavy atom. The predicted octanol–water partition coefficient (Wildman–Crippen LogP) is 7.82. The van der Waals surface area contributed by atoms with Crippen molar-refractivity contribution in [1.29, 1.82) is 0 Å². The van der Waals surface area contributed by atoms with Crippen molar-refractivity contribution in [2.45, 2.75) is 0 Å². The Hall–Kier alpha value is -3.97. The van der Waals surface area contributed by atoms with Gasteiger partial charge in [-0.25, -0.2) is 0 Å². The molecule has 0 N–H and O–H groups in total. The first-order chi connectivity index (χ1) is 14.9. The van der Waals surface area contributed by atoms with E-state index in [-0.39, 0.29) is 0 Å². The minimum atomic E-state index is 1.16. The lowest BCUT2D eigenvalue weighted by atomic mass is 9.89. The second-order valence-electron chi connectivity index (χ2n) is 7.68. The summed E-state index contributed by atoms with van der Waals surface area (Å²) in [6.07, 6.45) is 8.19. The molecule has 0 aliphatic carbocycles. The van der Waals surface area contributed by atoms with Crippen LogP contribution in [-0.2, 0) is 0 Å². The van der Waals surface area contributed by atoms with Gasteiger partial charge in [-0.3, -0.25) is 4.98 Å². The van der Waals surface area contributed by atoms with Gasteiger partial charge in [0.25, 0.3) is 0 Å². The maximum absolute atomic E-state index is 4.45. The van der Waals surface area contributed by atoms with Crippen LogP contribution in [0.3, 0.4) is 0 Å². The molecule has 0 aliphatic heterocycles. The van der Waals surface area contributed by atoms with Crippen molar-refractivity contribution in [2.75, 3.05) is 0 Å². The third-order valence-corrected chi connectivity index (χ3v) is 5.93. The van der Waals surface area contributed by atoms with Crippen molar-refractivity contribution in [3.8, 4) is 11.1 Å². The number of aromatic nitrogens is 1. The van der Waals surface area contributed by atoms with Crippen molar-refractivity contribution in [3.63, 3.8) is 0 Å². The number of nitrogens with zero attached hydrogens (tertiary/aromatic N) is 1. The van der Waals surface area contributed by atoms with Crippen LogP contribution in [0.5, 0.6) is 0 Å². The zero-order chi connectivity index (χ0) is 19.9. The Morgan fingerprint density at radius 3 is 2.10 bits per heavy atom. The SMILES string of the molecule is C(=C\c1ccncc1-c1ccc2ccc3cccc4ccc1c2c34)/c1ccccc1. The molecule has 0 unspecified atom stereocenters. The van der Waals surface area contributed by atoms with Gasteiger partial charge in [-0.2, -0.15) is 0 Å². The van der Waals surface area contributed by atoms with Crippen LogP contribution < -0.4 is 0 Å². The highest BCUT2D eigenvalue weighted by Crippen LogP contribution is 2.39. The largest absolute Gasteiger partial charge is 0.264 e. The monoisotopic (exact) mass is 381 g/mol. The second kappa shape index (κ2) is 6.82. The van der Waals surface area contributed by atoms with Crippen LogP contribution in [0.25, 0.3) is 55.6 Å². The fourth-order valence-corrected chi connectivity index (χ4v) is 4.50. The van der Waals surface area contributed by atoms with E-state index in [1.807, 2.05) is 18.5 Å². The molecular formula is C29H19N. The van der Waals surface area contributed by atoms with Gasteiger partial charge in [0.15, 0.2) is 0 Å². The molecule has 140 valence electrons. The number of hydrogen-bond acceptors (Lipinski definition) is 1. The summed E-state index contributed by atoms with van der Waals surface area (Å²) in [5, 5.41) is 7.82. The maximum atomic E-state index is 4.45. The molecule has 0 atom stereocenters. The van der Waals surface area contributed by atoms with Crippen LogP contribution in [0.4, 0.5) is 0 Å². The van der Waals surface area contributed by atoms with Gasteiger partial charge < -0.3 is 0 Å². The van der Waals surface area contributed by atoms with Gasteiger partial charge in [-0.15, -0.1) is 0 Å². The van der Waals surface area contributed by atoms with Crippen molar-refractivity contribution >= 4 is 44.5 Å². The summed E-state index contributed by atoms with van der Waals surface area (Å²) in [7, 11) is 0. The third-order valence-electron chi connectivity index (χ3n) is 5.93. The molecule has 0 radical (unpaired) electrons. The van der Waals surface area contributed by atoms with Crippen molar-refractivity contribution < 1.29 is 0 Å². The summed E-state index contributed by atoms with van der Waals surface area (Å²) >= 11 is 0. The molecule has 6 rings (SSSR count). The van der Waals surface area contributed by atoms with Gasteiger partial charge in [0.05, 0.1) is 0 Å². The molecule has 1 nitrogen and oxygen atoms in total. The fourth-order valence-electron chi connectivity index (χ4n) is 4.50. The van der Waals surface area contributed by atoms with Crippen LogP contribution >= 0.6 is 0 Å². The first-order valence-electron chi connectivity index (χ1n) is 10.2. The van der Waals surface area contributed by atoms with Crippen molar-refractivity contribution in [3.05, 3.63) is 115 Å². The lowest BCUT2D eigenvalue weighted by Gasteiger charge is -2.15. The van der Waals surface area contributed by atoms with E-state index >= 15 is 0 Å². The number of pyridine rings is 1. The van der Waals surface area contributed by atoms with E-state index in [2.05, 4.69) is 102 Å². The zero-order valence-corrected chi connectivity index (χ0v) is 16.4. The van der Waals surface area contributed by atoms with Crippen LogP contribution in [0, 0.1) is 0 Å². The third kappa shape index (κ3) is 2.67. The van der Waals surface area contributed by atoms with Crippen LogP contribution in [0.2, 0.25) is 0 Å². The van der Waals surface area contributed by atoms with Gasteiger partial charge in [0, 0.05) is 18.0 Å². The number of rotatable bonds is 3. The van der Waals surface area contributed by atoms with Crippen LogP contribution in [-0.4, -0.2) is 4.98 Å². The summed E-state index contributed by atoms with van der Waals surface area (Å²) < 4.78 is 0. The molecule has 1 heterocycles. The minimum Gasteiger partial charge on any atom is -0.264 e. The first-order valence-corrected chi connectivity index (χ1v) is 10.2. The Morgan fingerprint density at radius 1 is 0.533 bits per heavy atom. The van der Waals surface area contributed by atoms with Gasteiger partial charge in [-0.1, -0.05) is 97.1 Å². The zero-order valence-electron chi connectivity index (χ0n) is 16.4. The molecule has 6 aromatic rings. The fraction of sp³-hybridized carbons (Fsp3) is 0. The van der Waals surface area contributed by atoms with Crippen LogP contribution in [0.15, 0.2) is 103 Å². The molecule has 5 aromatic carbocycles. The molecule has 0 saturated heterocycles. The summed E-state index contributed by atoms with van der Waals surface area (Å²) in [5.74, 6) is 0. The molecule has 0 spiro atoms. The average Bonchev–Trinajstić information content (AvgIpc) is 2.82. The molecule has 0 amide bonds. The van der Waals surface area contributed by atoms with E-state index in [1.165, 1.54) is 49.0 Å². The molecular weight excluding hydrogens is 362 g/mol. The van der Waals surface area contributed by atoms with E-state index in [4.69, 9.17) is 0 Å². The molecule has 30 heavy (non-hydrogen) atoms. The van der Waals surface area contributed by atoms with E-state index in [1.54, 1.807) is 0 Å². The highest BCUT2D eigenvalue weighted by atomic mass is 14.6. The number of hydrogen-bond donors (Lipinski definition) is 0. The van der Waals surface area contributed by atoms with E-state index < -0.39 is 0 Å². The predicted molar refractivity (Wildman–Crippen MR) is 129 cm³/mol. The first kappa shape index (κ1) is 16.9. The lowest BCUT2D eigenvalue weighted by Crippen LogP contribution is -1.90. The Bertz CT molecular complexity index is 1510. The molecule has 1 heteroatoms. The van der Waals surface area contributed by atoms with Gasteiger partial charge in [0.1, 0.15) is 0 Å². The molecule has 0 bridgehead atoms. The highest BCUT2D eigenvalue weighted by molar-refractivity contribution is 6.25. The molecule has 0 saturated carbocycles. The topological polar surface area (TPSA) is 12.9 Å². The van der Waals surface area contributed by atoms with Gasteiger partial charge >= 0.3 is 0 Å². The Kier molecular flexibility index (Phi) is 3.85. The van der Waals surface area contributed by atoms with Crippen molar-refractivity contribution in [1.82, 2.24) is 4.98 Å². The van der Waals surface area contributed by atoms with E-state index in [9.17, 15) is 0 Å². The average molecular weight is 381 g/mol. The Labute approximate surface area is 175 Å². The normalized spacial score (nSPS) is 11.9. The summed E-state index contributed by atoms with van der Waals surface area (Å²) in [4.78, 5) is 4.45. The maximum Gasteiger partial charge on any atom is 0.0352 e. The molecule has 1 aromatic heterocycles. The standard InChI is InChI=1S/C29H19N/c1-2-5-20(6-3-1)9-10-21-17-18-30-19-27(21)25-15-13-24-12-11-22-7-4-8-23-14-16-26(25)29(24)28(22)23/h1-19H/b10-9+. The Balaban J connectivity index is 1.60. The summed E-state index contributed by atoms with van der Waals surface area (Å²) in [6.45, 7) is 0. The van der Waals surface area contributed by atoms with Gasteiger partial charge in [0.2, 0.25) is 0 Å². The van der Waals surface area contributed by atoms with E-state index in [0.717, 1.165) is 5.56 Å². The molecule has 0 fully saturated rings. The highest BCUT2D eigenvalue weighted by Gasteiger charge is 2.13. The lowest BCUT2D eigenvalue weighted by molar-refractivity contribution is 1.32. The second-order valence-corrected chi connectivity index (χ2v) is 7.68. The smallest absolute Gasteiger partial charge is 0.0352 e. The van der Waals surface area contributed by atoms with Crippen LogP contribution in [0.1, 0.15) is 11.1 Å². The number of benzene rings is 5.